The van der Waals surface area contributed by atoms with E-state index in [9.17, 15) is 8.78 Å². The second-order valence-electron chi connectivity index (χ2n) is 5.28. The summed E-state index contributed by atoms with van der Waals surface area (Å²) in [4.78, 5) is 10.5. The fraction of sp³-hybridized carbons (Fsp3) is 0.438. The Bertz CT molecular complexity index is 688. The van der Waals surface area contributed by atoms with Gasteiger partial charge in [-0.15, -0.1) is 0 Å². The molecule has 25 heavy (non-hydrogen) atoms. The van der Waals surface area contributed by atoms with E-state index in [1.807, 2.05) is 18.9 Å². The van der Waals surface area contributed by atoms with E-state index < -0.39 is 6.61 Å². The van der Waals surface area contributed by atoms with Gasteiger partial charge in [-0.3, -0.25) is 0 Å². The van der Waals surface area contributed by atoms with E-state index in [0.29, 0.717) is 37.3 Å². The minimum atomic E-state index is -2.82. The van der Waals surface area contributed by atoms with Gasteiger partial charge < -0.3 is 19.5 Å². The van der Waals surface area contributed by atoms with E-state index in [2.05, 4.69) is 25.2 Å². The SMILES string of the molecule is CCNC(=NCc1noc(C)n1)N(C)Cc1ccc(OC(F)F)cc1. The number of guanidine groups is 1. The molecule has 0 aliphatic rings. The summed E-state index contributed by atoms with van der Waals surface area (Å²) in [5, 5.41) is 6.99. The zero-order valence-corrected chi connectivity index (χ0v) is 14.4. The lowest BCUT2D eigenvalue weighted by Crippen LogP contribution is -2.38. The summed E-state index contributed by atoms with van der Waals surface area (Å²) in [6, 6.07) is 6.50. The molecule has 2 aromatic rings. The Morgan fingerprint density at radius 2 is 2.08 bits per heavy atom. The van der Waals surface area contributed by atoms with Gasteiger partial charge in [-0.25, -0.2) is 4.99 Å². The maximum absolute atomic E-state index is 12.2. The molecule has 0 saturated heterocycles. The number of alkyl halides is 2. The predicted molar refractivity (Wildman–Crippen MR) is 88.4 cm³/mol. The first-order valence-corrected chi connectivity index (χ1v) is 7.80. The highest BCUT2D eigenvalue weighted by Gasteiger charge is 2.09. The standard InChI is InChI=1S/C16H21F2N5O2/c1-4-19-16(20-9-14-21-11(2)25-22-14)23(3)10-12-5-7-13(8-6-12)24-15(17)18/h5-8,15H,4,9-10H2,1-3H3,(H,19,20). The van der Waals surface area contributed by atoms with Crippen molar-refractivity contribution in [3.05, 3.63) is 41.5 Å². The van der Waals surface area contributed by atoms with Crippen molar-refractivity contribution in [2.24, 2.45) is 4.99 Å². The maximum Gasteiger partial charge on any atom is 0.387 e. The summed E-state index contributed by atoms with van der Waals surface area (Å²) in [7, 11) is 1.88. The van der Waals surface area contributed by atoms with Gasteiger partial charge in [-0.05, 0) is 24.6 Å². The van der Waals surface area contributed by atoms with Crippen LogP contribution in [-0.4, -0.2) is 41.2 Å². The number of nitrogens with one attached hydrogen (secondary N) is 1. The maximum atomic E-state index is 12.2. The molecule has 0 amide bonds. The number of hydrogen-bond acceptors (Lipinski definition) is 5. The fourth-order valence-corrected chi connectivity index (χ4v) is 2.15. The topological polar surface area (TPSA) is 75.8 Å². The Labute approximate surface area is 144 Å². The molecule has 7 nitrogen and oxygen atoms in total. The molecule has 1 heterocycles. The molecule has 0 aliphatic carbocycles. The Morgan fingerprint density at radius 1 is 1.36 bits per heavy atom. The molecular formula is C16H21F2N5O2. The minimum absolute atomic E-state index is 0.134. The van der Waals surface area contributed by atoms with Crippen molar-refractivity contribution in [1.29, 1.82) is 0 Å². The lowest BCUT2D eigenvalue weighted by atomic mass is 10.2. The van der Waals surface area contributed by atoms with Gasteiger partial charge in [0.15, 0.2) is 11.8 Å². The number of hydrogen-bond donors (Lipinski definition) is 1. The van der Waals surface area contributed by atoms with Crippen LogP contribution in [0.5, 0.6) is 5.75 Å². The van der Waals surface area contributed by atoms with Gasteiger partial charge in [0.1, 0.15) is 12.3 Å². The van der Waals surface area contributed by atoms with E-state index in [0.717, 1.165) is 5.56 Å². The first kappa shape index (κ1) is 18.6. The third kappa shape index (κ3) is 6.02. The van der Waals surface area contributed by atoms with Crippen molar-refractivity contribution in [3.8, 4) is 5.75 Å². The van der Waals surface area contributed by atoms with Crippen LogP contribution in [0.25, 0.3) is 0 Å². The summed E-state index contributed by atoms with van der Waals surface area (Å²) in [5.74, 6) is 1.82. The number of halogens is 2. The first-order chi connectivity index (χ1) is 12.0. The largest absolute Gasteiger partial charge is 0.435 e. The van der Waals surface area contributed by atoms with E-state index in [-0.39, 0.29) is 5.75 Å². The van der Waals surface area contributed by atoms with Crippen molar-refractivity contribution in [2.45, 2.75) is 33.5 Å². The molecule has 1 aromatic carbocycles. The van der Waals surface area contributed by atoms with Crippen LogP contribution in [0.1, 0.15) is 24.2 Å². The number of rotatable bonds is 7. The highest BCUT2D eigenvalue weighted by molar-refractivity contribution is 5.79. The minimum Gasteiger partial charge on any atom is -0.435 e. The van der Waals surface area contributed by atoms with Crippen molar-refractivity contribution in [1.82, 2.24) is 20.4 Å². The Kier molecular flexibility index (Phi) is 6.67. The first-order valence-electron chi connectivity index (χ1n) is 7.80. The van der Waals surface area contributed by atoms with Gasteiger partial charge in [0, 0.05) is 27.1 Å². The van der Waals surface area contributed by atoms with Crippen LogP contribution in [0, 0.1) is 6.92 Å². The molecule has 9 heteroatoms. The average molecular weight is 353 g/mol. The molecule has 0 atom stereocenters. The number of ether oxygens (including phenoxy) is 1. The van der Waals surface area contributed by atoms with E-state index in [4.69, 9.17) is 4.52 Å². The molecule has 0 unspecified atom stereocenters. The van der Waals surface area contributed by atoms with Crippen LogP contribution < -0.4 is 10.1 Å². The number of aromatic nitrogens is 2. The number of nitrogens with zero attached hydrogens (tertiary/aromatic N) is 4. The molecule has 0 spiro atoms. The number of aliphatic imine (C=N–C) groups is 1. The van der Waals surface area contributed by atoms with Gasteiger partial charge >= 0.3 is 6.61 Å². The van der Waals surface area contributed by atoms with E-state index in [1.54, 1.807) is 19.1 Å². The van der Waals surface area contributed by atoms with Crippen LogP contribution in [0.4, 0.5) is 8.78 Å². The van der Waals surface area contributed by atoms with Crippen molar-refractivity contribution in [2.75, 3.05) is 13.6 Å². The second-order valence-corrected chi connectivity index (χ2v) is 5.28. The second kappa shape index (κ2) is 8.95. The molecule has 0 fully saturated rings. The van der Waals surface area contributed by atoms with Gasteiger partial charge in [-0.2, -0.15) is 13.8 Å². The summed E-state index contributed by atoms with van der Waals surface area (Å²) in [6.07, 6.45) is 0. The average Bonchev–Trinajstić information content (AvgIpc) is 2.98. The fourth-order valence-electron chi connectivity index (χ4n) is 2.15. The van der Waals surface area contributed by atoms with Crippen LogP contribution in [0.15, 0.2) is 33.8 Å². The number of aryl methyl sites for hydroxylation is 1. The monoisotopic (exact) mass is 353 g/mol. The van der Waals surface area contributed by atoms with Crippen molar-refractivity contribution < 1.29 is 18.0 Å². The Balaban J connectivity index is 2.00. The normalized spacial score (nSPS) is 11.7. The van der Waals surface area contributed by atoms with Crippen LogP contribution >= 0.6 is 0 Å². The summed E-state index contributed by atoms with van der Waals surface area (Å²) in [6.45, 7) is 2.42. The molecular weight excluding hydrogens is 332 g/mol. The van der Waals surface area contributed by atoms with Crippen LogP contribution in [0.2, 0.25) is 0 Å². The van der Waals surface area contributed by atoms with Crippen LogP contribution in [-0.2, 0) is 13.1 Å². The summed E-state index contributed by atoms with van der Waals surface area (Å²) >= 11 is 0. The highest BCUT2D eigenvalue weighted by Crippen LogP contribution is 2.15. The van der Waals surface area contributed by atoms with E-state index in [1.165, 1.54) is 12.1 Å². The van der Waals surface area contributed by atoms with Gasteiger partial charge in [0.05, 0.1) is 0 Å². The highest BCUT2D eigenvalue weighted by atomic mass is 19.3. The summed E-state index contributed by atoms with van der Waals surface area (Å²) < 4.78 is 33.6. The van der Waals surface area contributed by atoms with Gasteiger partial charge in [-0.1, -0.05) is 17.3 Å². The van der Waals surface area contributed by atoms with Crippen molar-refractivity contribution >= 4 is 5.96 Å². The molecule has 2 rings (SSSR count). The lowest BCUT2D eigenvalue weighted by molar-refractivity contribution is -0.0498. The molecule has 1 N–H and O–H groups in total. The van der Waals surface area contributed by atoms with Crippen molar-refractivity contribution in [3.63, 3.8) is 0 Å². The smallest absolute Gasteiger partial charge is 0.387 e. The Morgan fingerprint density at radius 3 is 2.64 bits per heavy atom. The van der Waals surface area contributed by atoms with Crippen LogP contribution in [0.3, 0.4) is 0 Å². The zero-order valence-electron chi connectivity index (χ0n) is 14.4. The predicted octanol–water partition coefficient (Wildman–Crippen LogP) is 2.58. The molecule has 0 saturated carbocycles. The van der Waals surface area contributed by atoms with E-state index >= 15 is 0 Å². The third-order valence-electron chi connectivity index (χ3n) is 3.20. The third-order valence-corrected chi connectivity index (χ3v) is 3.20. The van der Waals surface area contributed by atoms with Gasteiger partial charge in [0.25, 0.3) is 0 Å². The molecule has 0 aliphatic heterocycles. The quantitative estimate of drug-likeness (QED) is 0.609. The Hall–Kier alpha value is -2.71. The molecule has 1 aromatic heterocycles. The van der Waals surface area contributed by atoms with Gasteiger partial charge in [0.2, 0.25) is 5.89 Å². The molecule has 136 valence electrons. The number of benzene rings is 1. The zero-order chi connectivity index (χ0) is 18.2. The molecule has 0 bridgehead atoms. The molecule has 0 radical (unpaired) electrons. The lowest BCUT2D eigenvalue weighted by Gasteiger charge is -2.22. The summed E-state index contributed by atoms with van der Waals surface area (Å²) in [5.41, 5.74) is 0.935.